The second kappa shape index (κ2) is 3.64. The number of allylic oxidation sites excluding steroid dienone is 1. The van der Waals surface area contributed by atoms with Gasteiger partial charge in [0.1, 0.15) is 0 Å². The van der Waals surface area contributed by atoms with Crippen LogP contribution in [0.1, 0.15) is 0 Å². The predicted molar refractivity (Wildman–Crippen MR) is 60.0 cm³/mol. The molecule has 14 heavy (non-hydrogen) atoms. The van der Waals surface area contributed by atoms with Crippen molar-refractivity contribution in [3.8, 4) is 0 Å². The Kier molecular flexibility index (Phi) is 2.48. The third-order valence-electron chi connectivity index (χ3n) is 1.99. The minimum Gasteiger partial charge on any atom is -0.327 e. The second-order valence-corrected chi connectivity index (χ2v) is 3.76. The summed E-state index contributed by atoms with van der Waals surface area (Å²) in [5.41, 5.74) is 1.82. The number of hydrogen-bond donors (Lipinski definition) is 0. The van der Waals surface area contributed by atoms with Crippen molar-refractivity contribution in [2.75, 3.05) is 0 Å². The smallest absolute Gasteiger partial charge is 0.0961 e. The average Bonchev–Trinajstić information content (AvgIpc) is 2.51. The number of fused-ring (bicyclic) bond motifs is 1. The third kappa shape index (κ3) is 1.51. The Bertz CT molecular complexity index is 488. The van der Waals surface area contributed by atoms with Crippen LogP contribution in [0.2, 0.25) is 10.0 Å². The van der Waals surface area contributed by atoms with Crippen LogP contribution in [-0.4, -0.2) is 9.55 Å². The number of hydrogen-bond acceptors (Lipinski definition) is 1. The second-order valence-electron chi connectivity index (χ2n) is 2.94. The Balaban J connectivity index is 2.67. The maximum absolute atomic E-state index is 5.92. The summed E-state index contributed by atoms with van der Waals surface area (Å²) in [7, 11) is 0. The fraction of sp³-hybridized carbons (Fsp3) is 0.100. The Hall–Kier alpha value is -0.990. The number of rotatable bonds is 2. The number of nitrogens with zero attached hydrogens (tertiary/aromatic N) is 2. The highest BCUT2D eigenvalue weighted by Gasteiger charge is 2.05. The first-order valence-corrected chi connectivity index (χ1v) is 4.88. The zero-order valence-electron chi connectivity index (χ0n) is 7.37. The summed E-state index contributed by atoms with van der Waals surface area (Å²) in [5, 5.41) is 1.08. The lowest BCUT2D eigenvalue weighted by molar-refractivity contribution is 0.851. The predicted octanol–water partition coefficient (Wildman–Crippen LogP) is 3.53. The van der Waals surface area contributed by atoms with E-state index in [-0.39, 0.29) is 0 Å². The van der Waals surface area contributed by atoms with E-state index in [9.17, 15) is 0 Å². The fourth-order valence-corrected chi connectivity index (χ4v) is 1.65. The van der Waals surface area contributed by atoms with Crippen molar-refractivity contribution >= 4 is 34.2 Å². The molecule has 2 nitrogen and oxygen atoms in total. The van der Waals surface area contributed by atoms with E-state index in [1.165, 1.54) is 0 Å². The van der Waals surface area contributed by atoms with Gasteiger partial charge in [0.05, 0.1) is 27.4 Å². The van der Waals surface area contributed by atoms with Gasteiger partial charge in [0, 0.05) is 6.54 Å². The van der Waals surface area contributed by atoms with Crippen LogP contribution >= 0.6 is 23.2 Å². The Morgan fingerprint density at radius 1 is 1.36 bits per heavy atom. The molecule has 2 aromatic rings. The lowest BCUT2D eigenvalue weighted by atomic mass is 10.3. The molecule has 0 atom stereocenters. The molecule has 1 heterocycles. The molecule has 0 radical (unpaired) electrons. The maximum Gasteiger partial charge on any atom is 0.0961 e. The molecule has 4 heteroatoms. The molecule has 0 aliphatic rings. The minimum atomic E-state index is 0.531. The molecular formula is C10H8Cl2N2. The minimum absolute atomic E-state index is 0.531. The van der Waals surface area contributed by atoms with Crippen molar-refractivity contribution in [2.45, 2.75) is 6.54 Å². The van der Waals surface area contributed by atoms with Crippen molar-refractivity contribution in [1.82, 2.24) is 9.55 Å². The van der Waals surface area contributed by atoms with E-state index in [2.05, 4.69) is 11.6 Å². The summed E-state index contributed by atoms with van der Waals surface area (Å²) < 4.78 is 1.96. The Labute approximate surface area is 91.8 Å². The van der Waals surface area contributed by atoms with Crippen LogP contribution in [0.5, 0.6) is 0 Å². The van der Waals surface area contributed by atoms with E-state index in [1.807, 2.05) is 16.7 Å². The molecule has 0 N–H and O–H groups in total. The lowest BCUT2D eigenvalue weighted by Gasteiger charge is -2.00. The summed E-state index contributed by atoms with van der Waals surface area (Å²) in [4.78, 5) is 4.21. The molecule has 0 aliphatic carbocycles. The topological polar surface area (TPSA) is 17.8 Å². The fourth-order valence-electron chi connectivity index (χ4n) is 1.34. The molecule has 0 aliphatic heterocycles. The molecule has 0 saturated heterocycles. The summed E-state index contributed by atoms with van der Waals surface area (Å²) >= 11 is 11.8. The van der Waals surface area contributed by atoms with Gasteiger partial charge >= 0.3 is 0 Å². The van der Waals surface area contributed by atoms with Gasteiger partial charge in [-0.05, 0) is 12.1 Å². The van der Waals surface area contributed by atoms with Gasteiger partial charge in [-0.15, -0.1) is 6.58 Å². The monoisotopic (exact) mass is 226 g/mol. The normalized spacial score (nSPS) is 10.7. The summed E-state index contributed by atoms with van der Waals surface area (Å²) in [6, 6.07) is 3.58. The number of imidazole rings is 1. The molecule has 0 saturated carbocycles. The number of halogens is 2. The van der Waals surface area contributed by atoms with Crippen LogP contribution in [-0.2, 0) is 6.54 Å². The van der Waals surface area contributed by atoms with Crippen LogP contribution in [0.4, 0.5) is 0 Å². The van der Waals surface area contributed by atoms with Gasteiger partial charge in [0.15, 0.2) is 0 Å². The quantitative estimate of drug-likeness (QED) is 0.717. The number of benzene rings is 1. The van der Waals surface area contributed by atoms with E-state index < -0.39 is 0 Å². The highest BCUT2D eigenvalue weighted by molar-refractivity contribution is 6.42. The molecule has 0 unspecified atom stereocenters. The van der Waals surface area contributed by atoms with Crippen LogP contribution in [0.15, 0.2) is 31.1 Å². The Morgan fingerprint density at radius 2 is 2.07 bits per heavy atom. The summed E-state index contributed by atoms with van der Waals surface area (Å²) in [5.74, 6) is 0. The van der Waals surface area contributed by atoms with E-state index in [4.69, 9.17) is 23.2 Å². The van der Waals surface area contributed by atoms with Gasteiger partial charge in [0.25, 0.3) is 0 Å². The molecule has 0 amide bonds. The van der Waals surface area contributed by atoms with E-state index in [1.54, 1.807) is 12.4 Å². The third-order valence-corrected chi connectivity index (χ3v) is 2.71. The molecule has 0 spiro atoms. The SMILES string of the molecule is C=CCn1cnc2cc(Cl)c(Cl)cc21. The summed E-state index contributed by atoms with van der Waals surface area (Å²) in [6.07, 6.45) is 3.56. The van der Waals surface area contributed by atoms with E-state index in [0.717, 1.165) is 11.0 Å². The first-order valence-electron chi connectivity index (χ1n) is 4.13. The van der Waals surface area contributed by atoms with Crippen LogP contribution in [0.3, 0.4) is 0 Å². The molecule has 0 fully saturated rings. The first kappa shape index (κ1) is 9.56. The lowest BCUT2D eigenvalue weighted by Crippen LogP contribution is -1.91. The zero-order chi connectivity index (χ0) is 10.1. The van der Waals surface area contributed by atoms with Gasteiger partial charge < -0.3 is 4.57 Å². The van der Waals surface area contributed by atoms with Crippen molar-refractivity contribution in [1.29, 1.82) is 0 Å². The highest BCUT2D eigenvalue weighted by Crippen LogP contribution is 2.27. The zero-order valence-corrected chi connectivity index (χ0v) is 8.89. The molecular weight excluding hydrogens is 219 g/mol. The Morgan fingerprint density at radius 3 is 2.79 bits per heavy atom. The van der Waals surface area contributed by atoms with Gasteiger partial charge in [-0.25, -0.2) is 4.98 Å². The molecule has 1 aromatic heterocycles. The molecule has 1 aromatic carbocycles. The van der Waals surface area contributed by atoms with E-state index >= 15 is 0 Å². The largest absolute Gasteiger partial charge is 0.327 e. The first-order chi connectivity index (χ1) is 6.72. The van der Waals surface area contributed by atoms with Crippen LogP contribution in [0, 0.1) is 0 Å². The van der Waals surface area contributed by atoms with Crippen molar-refractivity contribution in [2.24, 2.45) is 0 Å². The van der Waals surface area contributed by atoms with Gasteiger partial charge in [-0.3, -0.25) is 0 Å². The van der Waals surface area contributed by atoms with Crippen LogP contribution in [0.25, 0.3) is 11.0 Å². The highest BCUT2D eigenvalue weighted by atomic mass is 35.5. The summed E-state index contributed by atoms with van der Waals surface area (Å²) in [6.45, 7) is 4.39. The van der Waals surface area contributed by atoms with Crippen LogP contribution < -0.4 is 0 Å². The molecule has 0 bridgehead atoms. The van der Waals surface area contributed by atoms with Gasteiger partial charge in [0.2, 0.25) is 0 Å². The molecule has 72 valence electrons. The standard InChI is InChI=1S/C10H8Cl2N2/c1-2-3-14-6-13-9-4-7(11)8(12)5-10(9)14/h2,4-6H,1,3H2. The van der Waals surface area contributed by atoms with Gasteiger partial charge in [-0.2, -0.15) is 0 Å². The van der Waals surface area contributed by atoms with Gasteiger partial charge in [-0.1, -0.05) is 29.3 Å². The van der Waals surface area contributed by atoms with Crippen molar-refractivity contribution in [3.05, 3.63) is 41.2 Å². The maximum atomic E-state index is 5.92. The molecule has 2 rings (SSSR count). The average molecular weight is 227 g/mol. The number of aromatic nitrogens is 2. The van der Waals surface area contributed by atoms with E-state index in [0.29, 0.717) is 16.6 Å². The van der Waals surface area contributed by atoms with Crippen molar-refractivity contribution in [3.63, 3.8) is 0 Å². The van der Waals surface area contributed by atoms with Crippen molar-refractivity contribution < 1.29 is 0 Å².